The highest BCUT2D eigenvalue weighted by atomic mass is 32.2. The number of alkyl halides is 3. The fraction of sp³-hybridized carbons (Fsp3) is 0.500. The van der Waals surface area contributed by atoms with Crippen molar-refractivity contribution in [3.63, 3.8) is 0 Å². The molecule has 4 rings (SSSR count). The van der Waals surface area contributed by atoms with Gasteiger partial charge in [-0.15, -0.1) is 11.8 Å². The number of rotatable bonds is 7. The standard InChI is InChI=1S/C22H29FN4S2.C2HF3O2/c23-21-7-3-2-6-20(21)18-13-19(16-28-22-12-17(14-24)8-9-25-22)27(15-18)29-26-10-4-1-5-11-26;3-2(4,5)1(6)7/h2-3,6-9,12,18-19H,1,4-5,10-11,13-16,24H2;(H,6,7). The Hall–Kier alpha value is -1.86. The lowest BCUT2D eigenvalue weighted by Crippen LogP contribution is -2.33. The molecule has 0 bridgehead atoms. The molecular formula is C24H30F4N4O2S2. The number of thioether (sulfide) groups is 1. The van der Waals surface area contributed by atoms with Crippen molar-refractivity contribution < 1.29 is 27.5 Å². The first kappa shape index (κ1) is 28.7. The van der Waals surface area contributed by atoms with Gasteiger partial charge in [0.1, 0.15) is 5.82 Å². The first-order valence-electron chi connectivity index (χ1n) is 11.7. The number of aliphatic carboxylic acids is 1. The van der Waals surface area contributed by atoms with Gasteiger partial charge in [-0.3, -0.25) is 0 Å². The summed E-state index contributed by atoms with van der Waals surface area (Å²) in [6, 6.07) is 11.7. The zero-order valence-electron chi connectivity index (χ0n) is 19.7. The van der Waals surface area contributed by atoms with Crippen LogP contribution in [0, 0.1) is 5.82 Å². The number of hydrogen-bond acceptors (Lipinski definition) is 7. The Kier molecular flexibility index (Phi) is 10.9. The van der Waals surface area contributed by atoms with Crippen LogP contribution in [0.3, 0.4) is 0 Å². The van der Waals surface area contributed by atoms with Crippen molar-refractivity contribution in [3.8, 4) is 0 Å². The minimum Gasteiger partial charge on any atom is -0.475 e. The number of carboxylic acid groups (broad SMARTS) is 1. The fourth-order valence-corrected chi connectivity index (χ4v) is 6.50. The van der Waals surface area contributed by atoms with Gasteiger partial charge in [0.2, 0.25) is 0 Å². The fourth-order valence-electron chi connectivity index (χ4n) is 4.10. The number of benzene rings is 1. The molecule has 2 aliphatic rings. The molecule has 2 unspecified atom stereocenters. The molecule has 6 nitrogen and oxygen atoms in total. The molecule has 2 atom stereocenters. The first-order valence-corrected chi connectivity index (χ1v) is 13.4. The van der Waals surface area contributed by atoms with Crippen molar-refractivity contribution in [2.75, 3.05) is 25.4 Å². The number of carbonyl (C=O) groups is 1. The summed E-state index contributed by atoms with van der Waals surface area (Å²) in [5.41, 5.74) is 7.73. The summed E-state index contributed by atoms with van der Waals surface area (Å²) in [7, 11) is 0. The number of piperidine rings is 1. The number of aromatic nitrogens is 1. The van der Waals surface area contributed by atoms with E-state index in [2.05, 4.69) is 19.7 Å². The van der Waals surface area contributed by atoms with Crippen LogP contribution < -0.4 is 5.73 Å². The number of carboxylic acids is 1. The maximum Gasteiger partial charge on any atom is 0.490 e. The van der Waals surface area contributed by atoms with E-state index in [4.69, 9.17) is 15.6 Å². The monoisotopic (exact) mass is 546 g/mol. The van der Waals surface area contributed by atoms with E-state index in [1.165, 1.54) is 19.3 Å². The smallest absolute Gasteiger partial charge is 0.475 e. The molecule has 0 aliphatic carbocycles. The molecule has 0 radical (unpaired) electrons. The van der Waals surface area contributed by atoms with E-state index in [-0.39, 0.29) is 11.7 Å². The van der Waals surface area contributed by atoms with E-state index < -0.39 is 12.1 Å². The molecule has 2 aliphatic heterocycles. The van der Waals surface area contributed by atoms with Gasteiger partial charge in [-0.05, 0) is 48.6 Å². The predicted molar refractivity (Wildman–Crippen MR) is 134 cm³/mol. The minimum atomic E-state index is -5.08. The highest BCUT2D eigenvalue weighted by molar-refractivity contribution is 7.99. The molecule has 1 aromatic carbocycles. The third kappa shape index (κ3) is 8.62. The van der Waals surface area contributed by atoms with E-state index in [0.29, 0.717) is 12.6 Å². The normalized spacial score (nSPS) is 21.1. The third-order valence-electron chi connectivity index (χ3n) is 5.95. The van der Waals surface area contributed by atoms with E-state index >= 15 is 0 Å². The van der Waals surface area contributed by atoms with E-state index in [1.54, 1.807) is 23.9 Å². The zero-order chi connectivity index (χ0) is 26.1. The summed E-state index contributed by atoms with van der Waals surface area (Å²) >= 11 is 3.65. The largest absolute Gasteiger partial charge is 0.490 e. The van der Waals surface area contributed by atoms with Gasteiger partial charge in [-0.25, -0.2) is 22.8 Å². The van der Waals surface area contributed by atoms with E-state index in [1.807, 2.05) is 36.5 Å². The van der Waals surface area contributed by atoms with Crippen molar-refractivity contribution in [3.05, 3.63) is 59.5 Å². The Balaban J connectivity index is 0.000000454. The summed E-state index contributed by atoms with van der Waals surface area (Å²) < 4.78 is 51.1. The summed E-state index contributed by atoms with van der Waals surface area (Å²) in [4.78, 5) is 13.4. The molecule has 0 spiro atoms. The highest BCUT2D eigenvalue weighted by Crippen LogP contribution is 2.40. The molecular weight excluding hydrogens is 516 g/mol. The van der Waals surface area contributed by atoms with Gasteiger partial charge < -0.3 is 10.8 Å². The van der Waals surface area contributed by atoms with Gasteiger partial charge in [0.25, 0.3) is 0 Å². The predicted octanol–water partition coefficient (Wildman–Crippen LogP) is 5.31. The number of halogens is 4. The van der Waals surface area contributed by atoms with Gasteiger partial charge >= 0.3 is 12.1 Å². The number of pyridine rings is 1. The van der Waals surface area contributed by atoms with Crippen LogP contribution >= 0.6 is 23.9 Å². The summed E-state index contributed by atoms with van der Waals surface area (Å²) in [5, 5.41) is 8.14. The summed E-state index contributed by atoms with van der Waals surface area (Å²) in [5.74, 6) is -1.65. The minimum absolute atomic E-state index is 0.0777. The number of nitrogens with two attached hydrogens (primary N) is 1. The maximum atomic E-state index is 14.4. The second-order valence-electron chi connectivity index (χ2n) is 8.60. The molecule has 36 heavy (non-hydrogen) atoms. The van der Waals surface area contributed by atoms with Crippen molar-refractivity contribution in [2.24, 2.45) is 5.73 Å². The lowest BCUT2D eigenvalue weighted by atomic mass is 9.96. The van der Waals surface area contributed by atoms with Crippen LogP contribution in [0.1, 0.15) is 42.7 Å². The number of hydrogen-bond donors (Lipinski definition) is 2. The molecule has 0 amide bonds. The van der Waals surface area contributed by atoms with Gasteiger partial charge in [-0.2, -0.15) is 13.2 Å². The highest BCUT2D eigenvalue weighted by Gasteiger charge is 2.38. The van der Waals surface area contributed by atoms with Gasteiger partial charge in [0, 0.05) is 62.2 Å². The maximum absolute atomic E-state index is 14.4. The third-order valence-corrected chi connectivity index (χ3v) is 8.27. The van der Waals surface area contributed by atoms with Crippen LogP contribution in [-0.2, 0) is 11.3 Å². The van der Waals surface area contributed by atoms with Crippen molar-refractivity contribution in [1.82, 2.24) is 13.6 Å². The second kappa shape index (κ2) is 13.6. The van der Waals surface area contributed by atoms with Crippen molar-refractivity contribution in [2.45, 2.75) is 55.4 Å². The molecule has 1 aromatic heterocycles. The molecule has 3 N–H and O–H groups in total. The first-order chi connectivity index (χ1) is 17.2. The van der Waals surface area contributed by atoms with E-state index in [9.17, 15) is 17.6 Å². The zero-order valence-corrected chi connectivity index (χ0v) is 21.3. The average Bonchev–Trinajstić information content (AvgIpc) is 3.25. The van der Waals surface area contributed by atoms with Gasteiger partial charge in [0.15, 0.2) is 0 Å². The lowest BCUT2D eigenvalue weighted by molar-refractivity contribution is -0.192. The Labute approximate surface area is 216 Å². The summed E-state index contributed by atoms with van der Waals surface area (Å²) in [6.45, 7) is 3.71. The van der Waals surface area contributed by atoms with E-state index in [0.717, 1.165) is 48.0 Å². The van der Waals surface area contributed by atoms with Crippen LogP contribution in [0.5, 0.6) is 0 Å². The molecule has 2 aromatic rings. The van der Waals surface area contributed by atoms with Crippen LogP contribution in [0.4, 0.5) is 17.6 Å². The van der Waals surface area contributed by atoms with Crippen LogP contribution in [0.25, 0.3) is 0 Å². The second-order valence-corrected chi connectivity index (χ2v) is 10.8. The Morgan fingerprint density at radius 2 is 1.86 bits per heavy atom. The SMILES string of the molecule is NCc1ccnc(SCC2CC(c3ccccc3F)CN2SN2CCCCC2)c1.O=C(O)C(F)(F)F. The average molecular weight is 547 g/mol. The Morgan fingerprint density at radius 3 is 2.50 bits per heavy atom. The van der Waals surface area contributed by atoms with Crippen LogP contribution in [0.15, 0.2) is 47.6 Å². The Morgan fingerprint density at radius 1 is 1.17 bits per heavy atom. The Bertz CT molecular complexity index is 993. The quantitative estimate of drug-likeness (QED) is 0.275. The summed E-state index contributed by atoms with van der Waals surface area (Å²) in [6.07, 6.45) is 1.60. The van der Waals surface area contributed by atoms with Crippen molar-refractivity contribution in [1.29, 1.82) is 0 Å². The van der Waals surface area contributed by atoms with Crippen molar-refractivity contribution >= 4 is 29.9 Å². The molecule has 2 fully saturated rings. The van der Waals surface area contributed by atoms with Crippen LogP contribution in [0.2, 0.25) is 0 Å². The lowest BCUT2D eigenvalue weighted by Gasteiger charge is -2.31. The van der Waals surface area contributed by atoms with Gasteiger partial charge in [0.05, 0.1) is 5.03 Å². The molecule has 0 saturated carbocycles. The van der Waals surface area contributed by atoms with Gasteiger partial charge in [-0.1, -0.05) is 24.6 Å². The molecule has 2 saturated heterocycles. The number of nitrogens with zero attached hydrogens (tertiary/aromatic N) is 3. The topological polar surface area (TPSA) is 82.7 Å². The van der Waals surface area contributed by atoms with Crippen LogP contribution in [-0.4, -0.2) is 62.3 Å². The molecule has 3 heterocycles. The molecule has 12 heteroatoms. The molecule has 198 valence electrons.